The van der Waals surface area contributed by atoms with Gasteiger partial charge in [0.25, 0.3) is 5.91 Å². The zero-order chi connectivity index (χ0) is 23.8. The summed E-state index contributed by atoms with van der Waals surface area (Å²) in [6, 6.07) is 16.1. The monoisotopic (exact) mass is 490 g/mol. The van der Waals surface area contributed by atoms with Crippen molar-refractivity contribution in [3.63, 3.8) is 0 Å². The minimum absolute atomic E-state index is 0.0345. The number of carbonyl (C=O) groups excluding carboxylic acids is 1. The standard InChI is InChI=1S/C23H15Cl2F3N4O/c1-13-20(22(33)30-19-10-7-15(12-29-19)23(26,27)28)31-32(18-9-8-16(24)11-17(18)25)21(13)14-5-3-2-4-6-14/h2-12H,1H3,(H,29,30,33). The molecule has 0 aliphatic rings. The first-order valence-corrected chi connectivity index (χ1v) is 10.4. The highest BCUT2D eigenvalue weighted by atomic mass is 35.5. The molecule has 0 saturated heterocycles. The van der Waals surface area contributed by atoms with Crippen LogP contribution in [0, 0.1) is 6.92 Å². The first kappa shape index (κ1) is 22.8. The number of carbonyl (C=O) groups is 1. The molecule has 0 unspecified atom stereocenters. The summed E-state index contributed by atoms with van der Waals surface area (Å²) in [6.45, 7) is 1.73. The van der Waals surface area contributed by atoms with Crippen molar-refractivity contribution in [2.45, 2.75) is 13.1 Å². The molecule has 2 aromatic heterocycles. The predicted octanol–water partition coefficient (Wildman–Crippen LogP) is 6.82. The Morgan fingerprint density at radius 2 is 1.76 bits per heavy atom. The predicted molar refractivity (Wildman–Crippen MR) is 121 cm³/mol. The Bertz CT molecular complexity index is 1320. The van der Waals surface area contributed by atoms with Gasteiger partial charge in [0.05, 0.1) is 22.0 Å². The van der Waals surface area contributed by atoms with Gasteiger partial charge in [-0.3, -0.25) is 4.79 Å². The molecule has 33 heavy (non-hydrogen) atoms. The van der Waals surface area contributed by atoms with Crippen LogP contribution in [0.15, 0.2) is 66.9 Å². The number of aromatic nitrogens is 3. The van der Waals surface area contributed by atoms with Gasteiger partial charge in [-0.1, -0.05) is 53.5 Å². The Morgan fingerprint density at radius 3 is 2.36 bits per heavy atom. The molecule has 10 heteroatoms. The molecular formula is C23H15Cl2F3N4O. The Kier molecular flexibility index (Phi) is 6.14. The number of rotatable bonds is 4. The highest BCUT2D eigenvalue weighted by molar-refractivity contribution is 6.35. The van der Waals surface area contributed by atoms with Gasteiger partial charge in [-0.05, 0) is 37.3 Å². The first-order valence-electron chi connectivity index (χ1n) is 9.60. The number of hydrogen-bond acceptors (Lipinski definition) is 3. The quantitative estimate of drug-likeness (QED) is 0.341. The first-order chi connectivity index (χ1) is 15.6. The molecule has 4 rings (SSSR count). The summed E-state index contributed by atoms with van der Waals surface area (Å²) in [4.78, 5) is 16.7. The molecule has 0 aliphatic heterocycles. The number of amides is 1. The van der Waals surface area contributed by atoms with E-state index in [4.69, 9.17) is 23.2 Å². The molecule has 0 spiro atoms. The van der Waals surface area contributed by atoms with Crippen LogP contribution in [-0.2, 0) is 6.18 Å². The van der Waals surface area contributed by atoms with E-state index in [0.717, 1.165) is 17.7 Å². The van der Waals surface area contributed by atoms with Crippen molar-refractivity contribution in [1.82, 2.24) is 14.8 Å². The van der Waals surface area contributed by atoms with E-state index in [2.05, 4.69) is 15.4 Å². The maximum Gasteiger partial charge on any atom is 0.417 e. The number of benzene rings is 2. The Labute approximate surface area is 196 Å². The summed E-state index contributed by atoms with van der Waals surface area (Å²) in [7, 11) is 0. The van der Waals surface area contributed by atoms with Crippen LogP contribution >= 0.6 is 23.2 Å². The highest BCUT2D eigenvalue weighted by Crippen LogP contribution is 2.33. The Morgan fingerprint density at radius 1 is 1.03 bits per heavy atom. The molecule has 0 aliphatic carbocycles. The van der Waals surface area contributed by atoms with Crippen LogP contribution in [0.2, 0.25) is 10.0 Å². The smallest absolute Gasteiger partial charge is 0.305 e. The molecule has 5 nitrogen and oxygen atoms in total. The molecule has 2 aromatic carbocycles. The maximum absolute atomic E-state index is 13.0. The van der Waals surface area contributed by atoms with Gasteiger partial charge in [-0.25, -0.2) is 9.67 Å². The normalized spacial score (nSPS) is 11.5. The average molecular weight is 491 g/mol. The molecule has 1 N–H and O–H groups in total. The van der Waals surface area contributed by atoms with Crippen LogP contribution in [0.3, 0.4) is 0 Å². The van der Waals surface area contributed by atoms with Gasteiger partial charge in [-0.2, -0.15) is 18.3 Å². The van der Waals surface area contributed by atoms with Gasteiger partial charge < -0.3 is 5.32 Å². The van der Waals surface area contributed by atoms with Crippen molar-refractivity contribution in [2.75, 3.05) is 5.32 Å². The molecule has 0 atom stereocenters. The molecule has 168 valence electrons. The molecule has 0 radical (unpaired) electrons. The zero-order valence-electron chi connectivity index (χ0n) is 17.0. The van der Waals surface area contributed by atoms with Crippen molar-refractivity contribution >= 4 is 34.9 Å². The van der Waals surface area contributed by atoms with Gasteiger partial charge in [0.15, 0.2) is 5.69 Å². The lowest BCUT2D eigenvalue weighted by atomic mass is 10.1. The number of nitrogens with one attached hydrogen (secondary N) is 1. The second-order valence-corrected chi connectivity index (χ2v) is 7.92. The fourth-order valence-electron chi connectivity index (χ4n) is 3.28. The van der Waals surface area contributed by atoms with Gasteiger partial charge >= 0.3 is 6.18 Å². The van der Waals surface area contributed by atoms with Crippen LogP contribution in [0.4, 0.5) is 19.0 Å². The Hall–Kier alpha value is -3.36. The summed E-state index contributed by atoms with van der Waals surface area (Å²) in [5, 5.41) is 7.74. The summed E-state index contributed by atoms with van der Waals surface area (Å²) in [6.07, 6.45) is -3.86. The van der Waals surface area contributed by atoms with Crippen LogP contribution in [0.5, 0.6) is 0 Å². The van der Waals surface area contributed by atoms with E-state index in [-0.39, 0.29) is 11.5 Å². The fourth-order valence-corrected chi connectivity index (χ4v) is 3.77. The van der Waals surface area contributed by atoms with Gasteiger partial charge in [0.1, 0.15) is 5.82 Å². The molecule has 4 aromatic rings. The van der Waals surface area contributed by atoms with Crippen LogP contribution in [-0.4, -0.2) is 20.7 Å². The summed E-state index contributed by atoms with van der Waals surface area (Å²) >= 11 is 12.4. The second-order valence-electron chi connectivity index (χ2n) is 7.08. The molecule has 0 bridgehead atoms. The number of hydrogen-bond donors (Lipinski definition) is 1. The van der Waals surface area contributed by atoms with Gasteiger partial charge in [-0.15, -0.1) is 0 Å². The molecular weight excluding hydrogens is 476 g/mol. The molecule has 1 amide bonds. The van der Waals surface area contributed by atoms with Crippen molar-refractivity contribution in [3.05, 3.63) is 93.7 Å². The van der Waals surface area contributed by atoms with Crippen molar-refractivity contribution in [1.29, 1.82) is 0 Å². The molecule has 0 saturated carbocycles. The number of halogens is 5. The summed E-state index contributed by atoms with van der Waals surface area (Å²) in [5.41, 5.74) is 1.64. The Balaban J connectivity index is 1.76. The third kappa shape index (κ3) is 4.72. The molecule has 0 fully saturated rings. The third-order valence-corrected chi connectivity index (χ3v) is 5.39. The van der Waals surface area contributed by atoms with Gasteiger partial charge in [0, 0.05) is 22.3 Å². The SMILES string of the molecule is Cc1c(C(=O)Nc2ccc(C(F)(F)F)cn2)nn(-c2ccc(Cl)cc2Cl)c1-c1ccccc1. The zero-order valence-corrected chi connectivity index (χ0v) is 18.5. The largest absolute Gasteiger partial charge is 0.417 e. The number of alkyl halides is 3. The third-order valence-electron chi connectivity index (χ3n) is 4.85. The summed E-state index contributed by atoms with van der Waals surface area (Å²) in [5.74, 6) is -0.659. The van der Waals surface area contributed by atoms with E-state index in [0.29, 0.717) is 33.2 Å². The van der Waals surface area contributed by atoms with Crippen LogP contribution < -0.4 is 5.32 Å². The fraction of sp³-hybridized carbons (Fsp3) is 0.0870. The maximum atomic E-state index is 13.0. The number of anilines is 1. The topological polar surface area (TPSA) is 59.8 Å². The van der Waals surface area contributed by atoms with Crippen molar-refractivity contribution in [2.24, 2.45) is 0 Å². The summed E-state index contributed by atoms with van der Waals surface area (Å²) < 4.78 is 39.8. The van der Waals surface area contributed by atoms with E-state index in [9.17, 15) is 18.0 Å². The van der Waals surface area contributed by atoms with Gasteiger partial charge in [0.2, 0.25) is 0 Å². The molecule has 2 heterocycles. The van der Waals surface area contributed by atoms with E-state index in [1.807, 2.05) is 30.3 Å². The van der Waals surface area contributed by atoms with Crippen molar-refractivity contribution < 1.29 is 18.0 Å². The minimum atomic E-state index is -4.52. The average Bonchev–Trinajstić information content (AvgIpc) is 3.11. The van der Waals surface area contributed by atoms with E-state index in [1.165, 1.54) is 0 Å². The van der Waals surface area contributed by atoms with E-state index < -0.39 is 17.6 Å². The van der Waals surface area contributed by atoms with E-state index in [1.54, 1.807) is 29.8 Å². The minimum Gasteiger partial charge on any atom is -0.305 e. The van der Waals surface area contributed by atoms with Crippen molar-refractivity contribution in [3.8, 4) is 16.9 Å². The van der Waals surface area contributed by atoms with Crippen LogP contribution in [0.1, 0.15) is 21.6 Å². The lowest BCUT2D eigenvalue weighted by molar-refractivity contribution is -0.137. The number of pyridine rings is 1. The second kappa shape index (κ2) is 8.88. The number of nitrogens with zero attached hydrogens (tertiary/aromatic N) is 3. The van der Waals surface area contributed by atoms with E-state index >= 15 is 0 Å². The highest BCUT2D eigenvalue weighted by Gasteiger charge is 2.31. The van der Waals surface area contributed by atoms with Crippen LogP contribution in [0.25, 0.3) is 16.9 Å². The lowest BCUT2D eigenvalue weighted by Gasteiger charge is -2.10. The lowest BCUT2D eigenvalue weighted by Crippen LogP contribution is -2.15.